The Balaban J connectivity index is 2.70. The molecular formula is C12H14ClFN4. The molecule has 0 N–H and O–H groups in total. The highest BCUT2D eigenvalue weighted by Crippen LogP contribution is 2.26. The third-order valence-corrected chi connectivity index (χ3v) is 2.90. The van der Waals surface area contributed by atoms with Gasteiger partial charge in [-0.1, -0.05) is 6.92 Å². The quantitative estimate of drug-likeness (QED) is 0.803. The Labute approximate surface area is 110 Å². The van der Waals surface area contributed by atoms with E-state index in [2.05, 4.69) is 21.9 Å². The average Bonchev–Trinajstić information content (AvgIpc) is 2.34. The van der Waals surface area contributed by atoms with Gasteiger partial charge in [-0.15, -0.1) is 0 Å². The standard InChI is InChI=1S/C12H14ClFN4/c1-4-5-18(3)11-8-6-15-7(2)9(14)10(8)16-12(13)17-11/h6H,4-5H2,1-3H3. The molecule has 0 unspecified atom stereocenters. The fourth-order valence-corrected chi connectivity index (χ4v) is 2.00. The normalized spacial score (nSPS) is 10.9. The van der Waals surface area contributed by atoms with Gasteiger partial charge in [0.05, 0.1) is 11.1 Å². The Morgan fingerprint density at radius 2 is 2.11 bits per heavy atom. The molecule has 0 aliphatic heterocycles. The van der Waals surface area contributed by atoms with Gasteiger partial charge in [0, 0.05) is 19.8 Å². The largest absolute Gasteiger partial charge is 0.359 e. The number of rotatable bonds is 3. The molecule has 2 aromatic heterocycles. The number of halogens is 2. The second-order valence-electron chi connectivity index (χ2n) is 4.16. The van der Waals surface area contributed by atoms with Crippen LogP contribution in [0.1, 0.15) is 19.0 Å². The van der Waals surface area contributed by atoms with Crippen LogP contribution >= 0.6 is 11.6 Å². The molecule has 0 aliphatic carbocycles. The number of nitrogens with zero attached hydrogens (tertiary/aromatic N) is 4. The fourth-order valence-electron chi connectivity index (χ4n) is 1.84. The van der Waals surface area contributed by atoms with Crippen molar-refractivity contribution in [3.05, 3.63) is 23.0 Å². The number of hydrogen-bond acceptors (Lipinski definition) is 4. The highest BCUT2D eigenvalue weighted by Gasteiger charge is 2.15. The summed E-state index contributed by atoms with van der Waals surface area (Å²) < 4.78 is 14.0. The molecule has 0 saturated carbocycles. The van der Waals surface area contributed by atoms with E-state index >= 15 is 0 Å². The van der Waals surface area contributed by atoms with E-state index in [0.29, 0.717) is 16.9 Å². The van der Waals surface area contributed by atoms with Crippen LogP contribution in [0.5, 0.6) is 0 Å². The van der Waals surface area contributed by atoms with Gasteiger partial charge in [-0.3, -0.25) is 4.98 Å². The summed E-state index contributed by atoms with van der Waals surface area (Å²) in [5.41, 5.74) is 0.529. The van der Waals surface area contributed by atoms with Gasteiger partial charge in [0.15, 0.2) is 5.82 Å². The Bertz CT molecular complexity index is 588. The first-order chi connectivity index (χ1) is 8.54. The molecule has 2 heterocycles. The Morgan fingerprint density at radius 3 is 2.78 bits per heavy atom. The molecule has 2 rings (SSSR count). The van der Waals surface area contributed by atoms with Crippen molar-refractivity contribution in [1.82, 2.24) is 15.0 Å². The maximum atomic E-state index is 14.0. The van der Waals surface area contributed by atoms with Gasteiger partial charge >= 0.3 is 0 Å². The molecule has 0 bridgehead atoms. The second-order valence-corrected chi connectivity index (χ2v) is 4.50. The molecule has 0 radical (unpaired) electrons. The molecule has 96 valence electrons. The van der Waals surface area contributed by atoms with Crippen LogP contribution in [0.4, 0.5) is 10.2 Å². The molecule has 18 heavy (non-hydrogen) atoms. The van der Waals surface area contributed by atoms with E-state index in [-0.39, 0.29) is 10.8 Å². The third-order valence-electron chi connectivity index (χ3n) is 2.73. The number of pyridine rings is 1. The minimum absolute atomic E-state index is 0.0463. The molecule has 0 fully saturated rings. The van der Waals surface area contributed by atoms with Crippen molar-refractivity contribution >= 4 is 28.3 Å². The van der Waals surface area contributed by atoms with E-state index in [1.165, 1.54) is 0 Å². The van der Waals surface area contributed by atoms with E-state index in [9.17, 15) is 4.39 Å². The number of fused-ring (bicyclic) bond motifs is 1. The third kappa shape index (κ3) is 2.22. The first kappa shape index (κ1) is 13.0. The summed E-state index contributed by atoms with van der Waals surface area (Å²) in [6.07, 6.45) is 2.55. The molecule has 6 heteroatoms. The Kier molecular flexibility index (Phi) is 3.61. The lowest BCUT2D eigenvalue weighted by Gasteiger charge is -2.19. The minimum Gasteiger partial charge on any atom is -0.359 e. The van der Waals surface area contributed by atoms with Crippen LogP contribution in [-0.4, -0.2) is 28.5 Å². The van der Waals surface area contributed by atoms with E-state index in [1.54, 1.807) is 13.1 Å². The van der Waals surface area contributed by atoms with Gasteiger partial charge in [0.2, 0.25) is 5.28 Å². The van der Waals surface area contributed by atoms with Gasteiger partial charge in [-0.2, -0.15) is 4.98 Å². The first-order valence-corrected chi connectivity index (χ1v) is 6.11. The molecule has 0 saturated heterocycles. The van der Waals surface area contributed by atoms with Crippen LogP contribution < -0.4 is 4.90 Å². The van der Waals surface area contributed by atoms with Crippen LogP contribution in [0, 0.1) is 12.7 Å². The number of aromatic nitrogens is 3. The molecule has 0 aromatic carbocycles. The molecule has 0 aliphatic rings. The van der Waals surface area contributed by atoms with Crippen molar-refractivity contribution in [2.75, 3.05) is 18.5 Å². The van der Waals surface area contributed by atoms with Crippen molar-refractivity contribution < 1.29 is 4.39 Å². The minimum atomic E-state index is -0.442. The zero-order valence-electron chi connectivity index (χ0n) is 10.5. The number of hydrogen-bond donors (Lipinski definition) is 0. The van der Waals surface area contributed by atoms with Gasteiger partial charge < -0.3 is 4.90 Å². The predicted octanol–water partition coefficient (Wildman–Crippen LogP) is 2.97. The average molecular weight is 269 g/mol. The Hall–Kier alpha value is -1.49. The van der Waals surface area contributed by atoms with Gasteiger partial charge in [0.25, 0.3) is 0 Å². The van der Waals surface area contributed by atoms with Gasteiger partial charge in [-0.25, -0.2) is 9.37 Å². The van der Waals surface area contributed by atoms with Crippen molar-refractivity contribution in [3.8, 4) is 0 Å². The molecule has 2 aromatic rings. The molecule has 0 amide bonds. The van der Waals surface area contributed by atoms with Crippen LogP contribution in [0.3, 0.4) is 0 Å². The topological polar surface area (TPSA) is 41.9 Å². The second kappa shape index (κ2) is 5.02. The highest BCUT2D eigenvalue weighted by molar-refractivity contribution is 6.28. The highest BCUT2D eigenvalue weighted by atomic mass is 35.5. The molecular weight excluding hydrogens is 255 g/mol. The van der Waals surface area contributed by atoms with Crippen LogP contribution in [-0.2, 0) is 0 Å². The van der Waals surface area contributed by atoms with Crippen LogP contribution in [0.2, 0.25) is 5.28 Å². The molecule has 4 nitrogen and oxygen atoms in total. The number of aryl methyl sites for hydroxylation is 1. The predicted molar refractivity (Wildman–Crippen MR) is 70.6 cm³/mol. The maximum absolute atomic E-state index is 14.0. The van der Waals surface area contributed by atoms with Crippen molar-refractivity contribution in [3.63, 3.8) is 0 Å². The molecule has 0 atom stereocenters. The van der Waals surface area contributed by atoms with Crippen molar-refractivity contribution in [1.29, 1.82) is 0 Å². The summed E-state index contributed by atoms with van der Waals surface area (Å²) in [6, 6.07) is 0. The van der Waals surface area contributed by atoms with E-state index in [1.807, 2.05) is 11.9 Å². The van der Waals surface area contributed by atoms with E-state index < -0.39 is 5.82 Å². The summed E-state index contributed by atoms with van der Waals surface area (Å²) in [4.78, 5) is 14.1. The zero-order valence-corrected chi connectivity index (χ0v) is 11.3. The lowest BCUT2D eigenvalue weighted by atomic mass is 10.2. The summed E-state index contributed by atoms with van der Waals surface area (Å²) in [7, 11) is 1.89. The SMILES string of the molecule is CCCN(C)c1nc(Cl)nc2c(F)c(C)ncc12. The van der Waals surface area contributed by atoms with E-state index in [4.69, 9.17) is 11.6 Å². The summed E-state index contributed by atoms with van der Waals surface area (Å²) >= 11 is 5.86. The lowest BCUT2D eigenvalue weighted by Crippen LogP contribution is -2.20. The zero-order chi connectivity index (χ0) is 13.3. The van der Waals surface area contributed by atoms with Gasteiger partial charge in [-0.05, 0) is 24.9 Å². The monoisotopic (exact) mass is 268 g/mol. The van der Waals surface area contributed by atoms with E-state index in [0.717, 1.165) is 13.0 Å². The van der Waals surface area contributed by atoms with Crippen LogP contribution in [0.25, 0.3) is 10.9 Å². The summed E-state index contributed by atoms with van der Waals surface area (Å²) in [6.45, 7) is 4.46. The number of anilines is 1. The molecule has 0 spiro atoms. The summed E-state index contributed by atoms with van der Waals surface area (Å²) in [5, 5.41) is 0.628. The first-order valence-electron chi connectivity index (χ1n) is 5.74. The van der Waals surface area contributed by atoms with Crippen molar-refractivity contribution in [2.45, 2.75) is 20.3 Å². The van der Waals surface area contributed by atoms with Crippen LogP contribution in [0.15, 0.2) is 6.20 Å². The van der Waals surface area contributed by atoms with Crippen molar-refractivity contribution in [2.24, 2.45) is 0 Å². The smallest absolute Gasteiger partial charge is 0.225 e. The maximum Gasteiger partial charge on any atom is 0.225 e. The van der Waals surface area contributed by atoms with Gasteiger partial charge in [0.1, 0.15) is 11.3 Å². The lowest BCUT2D eigenvalue weighted by molar-refractivity contribution is 0.619. The fraction of sp³-hybridized carbons (Fsp3) is 0.417. The Morgan fingerprint density at radius 1 is 1.39 bits per heavy atom. The summed E-state index contributed by atoms with van der Waals surface area (Å²) in [5.74, 6) is 0.168.